The summed E-state index contributed by atoms with van der Waals surface area (Å²) in [6.07, 6.45) is 5.69. The minimum Gasteiger partial charge on any atom is -0.336 e. The molecule has 0 spiro atoms. The van der Waals surface area contributed by atoms with Gasteiger partial charge in [-0.15, -0.1) is 11.3 Å². The number of rotatable bonds is 5. The first-order valence-electron chi connectivity index (χ1n) is 7.38. The minimum absolute atomic E-state index is 0.0753. The molecular weight excluding hydrogens is 256 g/mol. The predicted molar refractivity (Wildman–Crippen MR) is 78.3 cm³/mol. The SMILES string of the molecule is CCc1ccsc1CN1CCCC(NC2CC2)C1=O. The summed E-state index contributed by atoms with van der Waals surface area (Å²) >= 11 is 1.78. The number of piperidine rings is 1. The fraction of sp³-hybridized carbons (Fsp3) is 0.667. The van der Waals surface area contributed by atoms with Gasteiger partial charge in [0.15, 0.2) is 0 Å². The van der Waals surface area contributed by atoms with E-state index in [9.17, 15) is 4.79 Å². The number of nitrogens with one attached hydrogen (secondary N) is 1. The van der Waals surface area contributed by atoms with E-state index in [2.05, 4.69) is 28.6 Å². The van der Waals surface area contributed by atoms with Crippen LogP contribution in [0.15, 0.2) is 11.4 Å². The van der Waals surface area contributed by atoms with E-state index in [4.69, 9.17) is 0 Å². The van der Waals surface area contributed by atoms with E-state index in [1.807, 2.05) is 0 Å². The average molecular weight is 278 g/mol. The Kier molecular flexibility index (Phi) is 3.89. The van der Waals surface area contributed by atoms with Crippen molar-refractivity contribution >= 4 is 17.2 Å². The normalized spacial score (nSPS) is 23.9. The molecule has 1 amide bonds. The third-order valence-corrected chi connectivity index (χ3v) is 5.05. The Balaban J connectivity index is 1.64. The molecular formula is C15H22N2OS. The summed E-state index contributed by atoms with van der Waals surface area (Å²) in [7, 11) is 0. The van der Waals surface area contributed by atoms with Crippen molar-refractivity contribution in [3.63, 3.8) is 0 Å². The Morgan fingerprint density at radius 2 is 2.26 bits per heavy atom. The van der Waals surface area contributed by atoms with Gasteiger partial charge in [0, 0.05) is 17.5 Å². The van der Waals surface area contributed by atoms with Crippen LogP contribution in [0.2, 0.25) is 0 Å². The zero-order chi connectivity index (χ0) is 13.2. The molecule has 1 aromatic rings. The minimum atomic E-state index is 0.0753. The van der Waals surface area contributed by atoms with Crippen LogP contribution >= 0.6 is 11.3 Å². The molecule has 0 radical (unpaired) electrons. The number of amides is 1. The smallest absolute Gasteiger partial charge is 0.240 e. The van der Waals surface area contributed by atoms with Gasteiger partial charge < -0.3 is 10.2 Å². The van der Waals surface area contributed by atoms with Crippen molar-refractivity contribution < 1.29 is 4.79 Å². The zero-order valence-electron chi connectivity index (χ0n) is 11.5. The number of carbonyl (C=O) groups excluding carboxylic acids is 1. The predicted octanol–water partition coefficient (Wildman–Crippen LogP) is 2.55. The maximum absolute atomic E-state index is 12.5. The second-order valence-corrected chi connectivity index (χ2v) is 6.62. The highest BCUT2D eigenvalue weighted by atomic mass is 32.1. The van der Waals surface area contributed by atoms with Crippen molar-refractivity contribution in [1.82, 2.24) is 10.2 Å². The van der Waals surface area contributed by atoms with E-state index >= 15 is 0 Å². The van der Waals surface area contributed by atoms with Crippen LogP contribution in [0.1, 0.15) is 43.0 Å². The number of thiophene rings is 1. The molecule has 104 valence electrons. The van der Waals surface area contributed by atoms with Crippen molar-refractivity contribution in [2.24, 2.45) is 0 Å². The van der Waals surface area contributed by atoms with Crippen LogP contribution in [0.4, 0.5) is 0 Å². The first kappa shape index (κ1) is 13.1. The molecule has 1 aliphatic carbocycles. The largest absolute Gasteiger partial charge is 0.336 e. The van der Waals surface area contributed by atoms with Gasteiger partial charge in [-0.2, -0.15) is 0 Å². The maximum Gasteiger partial charge on any atom is 0.240 e. The summed E-state index contributed by atoms with van der Waals surface area (Å²) in [5.74, 6) is 0.314. The summed E-state index contributed by atoms with van der Waals surface area (Å²) in [6.45, 7) is 3.91. The molecule has 1 N–H and O–H groups in total. The standard InChI is InChI=1S/C15H22N2OS/c1-2-11-7-9-19-14(11)10-17-8-3-4-13(15(17)18)16-12-5-6-12/h7,9,12-13,16H,2-6,8,10H2,1H3. The average Bonchev–Trinajstić information content (AvgIpc) is 3.11. The Labute approximate surface area is 119 Å². The van der Waals surface area contributed by atoms with Gasteiger partial charge in [-0.1, -0.05) is 6.92 Å². The van der Waals surface area contributed by atoms with Gasteiger partial charge in [0.25, 0.3) is 0 Å². The number of carbonyl (C=O) groups is 1. The van der Waals surface area contributed by atoms with Crippen LogP contribution in [0.25, 0.3) is 0 Å². The van der Waals surface area contributed by atoms with Crippen LogP contribution in [0.3, 0.4) is 0 Å². The van der Waals surface area contributed by atoms with Crippen LogP contribution in [-0.4, -0.2) is 29.4 Å². The van der Waals surface area contributed by atoms with Crippen LogP contribution in [0.5, 0.6) is 0 Å². The fourth-order valence-electron chi connectivity index (χ4n) is 2.78. The number of hydrogen-bond donors (Lipinski definition) is 1. The zero-order valence-corrected chi connectivity index (χ0v) is 12.3. The molecule has 3 rings (SSSR count). The summed E-state index contributed by atoms with van der Waals surface area (Å²) in [5.41, 5.74) is 1.40. The fourth-order valence-corrected chi connectivity index (χ4v) is 3.77. The van der Waals surface area contributed by atoms with E-state index in [-0.39, 0.29) is 6.04 Å². The molecule has 2 aliphatic rings. The van der Waals surface area contributed by atoms with Crippen LogP contribution in [0, 0.1) is 0 Å². The van der Waals surface area contributed by atoms with Crippen LogP contribution < -0.4 is 5.32 Å². The van der Waals surface area contributed by atoms with Gasteiger partial charge in [-0.25, -0.2) is 0 Å². The Hall–Kier alpha value is -0.870. The molecule has 2 heterocycles. The number of hydrogen-bond acceptors (Lipinski definition) is 3. The van der Waals surface area contributed by atoms with E-state index in [0.717, 1.165) is 32.4 Å². The van der Waals surface area contributed by atoms with Crippen molar-refractivity contribution in [3.8, 4) is 0 Å². The highest BCUT2D eigenvalue weighted by molar-refractivity contribution is 7.10. The highest BCUT2D eigenvalue weighted by Gasteiger charge is 2.33. The van der Waals surface area contributed by atoms with Gasteiger partial charge >= 0.3 is 0 Å². The van der Waals surface area contributed by atoms with Gasteiger partial charge in [-0.05, 0) is 49.1 Å². The van der Waals surface area contributed by atoms with Crippen molar-refractivity contribution in [1.29, 1.82) is 0 Å². The highest BCUT2D eigenvalue weighted by Crippen LogP contribution is 2.25. The molecule has 4 heteroatoms. The molecule has 3 nitrogen and oxygen atoms in total. The van der Waals surface area contributed by atoms with E-state index in [1.165, 1.54) is 23.3 Å². The lowest BCUT2D eigenvalue weighted by atomic mass is 10.0. The third-order valence-electron chi connectivity index (χ3n) is 4.10. The van der Waals surface area contributed by atoms with E-state index < -0.39 is 0 Å². The summed E-state index contributed by atoms with van der Waals surface area (Å²) in [6, 6.07) is 2.88. The van der Waals surface area contributed by atoms with Gasteiger partial charge in [0.2, 0.25) is 5.91 Å². The molecule has 1 saturated heterocycles. The molecule has 2 fully saturated rings. The maximum atomic E-state index is 12.5. The third kappa shape index (κ3) is 3.00. The summed E-state index contributed by atoms with van der Waals surface area (Å²) < 4.78 is 0. The molecule has 0 bridgehead atoms. The van der Waals surface area contributed by atoms with Crippen molar-refractivity contribution in [2.45, 2.75) is 57.7 Å². The lowest BCUT2D eigenvalue weighted by Crippen LogP contribution is -2.50. The van der Waals surface area contributed by atoms with E-state index in [0.29, 0.717) is 11.9 Å². The van der Waals surface area contributed by atoms with Crippen LogP contribution in [-0.2, 0) is 17.8 Å². The lowest BCUT2D eigenvalue weighted by molar-refractivity contribution is -0.136. The number of nitrogens with zero attached hydrogens (tertiary/aromatic N) is 1. The van der Waals surface area contributed by atoms with Crippen molar-refractivity contribution in [2.75, 3.05) is 6.54 Å². The Morgan fingerprint density at radius 1 is 1.42 bits per heavy atom. The first-order valence-corrected chi connectivity index (χ1v) is 8.26. The summed E-state index contributed by atoms with van der Waals surface area (Å²) in [4.78, 5) is 15.9. The molecule has 1 aromatic heterocycles. The molecule has 19 heavy (non-hydrogen) atoms. The Bertz CT molecular complexity index is 453. The number of aryl methyl sites for hydroxylation is 1. The van der Waals surface area contributed by atoms with Gasteiger partial charge in [0.1, 0.15) is 0 Å². The molecule has 1 atom stereocenters. The molecule has 0 aromatic carbocycles. The van der Waals surface area contributed by atoms with Gasteiger partial charge in [-0.3, -0.25) is 4.79 Å². The lowest BCUT2D eigenvalue weighted by Gasteiger charge is -2.32. The van der Waals surface area contributed by atoms with E-state index in [1.54, 1.807) is 11.3 Å². The van der Waals surface area contributed by atoms with Crippen molar-refractivity contribution in [3.05, 3.63) is 21.9 Å². The molecule has 1 aliphatic heterocycles. The summed E-state index contributed by atoms with van der Waals surface area (Å²) in [5, 5.41) is 5.63. The molecule has 1 saturated carbocycles. The quantitative estimate of drug-likeness (QED) is 0.898. The van der Waals surface area contributed by atoms with Gasteiger partial charge in [0.05, 0.1) is 12.6 Å². The molecule has 1 unspecified atom stereocenters. The second kappa shape index (κ2) is 5.63. The Morgan fingerprint density at radius 3 is 3.00 bits per heavy atom. The second-order valence-electron chi connectivity index (χ2n) is 5.62. The topological polar surface area (TPSA) is 32.3 Å². The number of likely N-dealkylation sites (tertiary alicyclic amines) is 1. The monoisotopic (exact) mass is 278 g/mol. The first-order chi connectivity index (χ1) is 9.28.